The van der Waals surface area contributed by atoms with E-state index in [-0.39, 0.29) is 0 Å². The average molecular weight is 115 g/mol. The largest absolute Gasteiger partial charge is 0.371 e. The molecule has 1 rings (SSSR count). The smallest absolute Gasteiger partial charge is 0.0962 e. The molecule has 1 saturated heterocycles. The first-order valence-corrected chi connectivity index (χ1v) is 3.17. The Morgan fingerprint density at radius 3 is 2.62 bits per heavy atom. The van der Waals surface area contributed by atoms with Crippen LogP contribution >= 0.6 is 0 Å². The van der Waals surface area contributed by atoms with Crippen LogP contribution in [-0.4, -0.2) is 25.8 Å². The highest BCUT2D eigenvalue weighted by atomic mass is 16.6. The molecule has 1 unspecified atom stereocenters. The molecule has 1 aliphatic rings. The van der Waals surface area contributed by atoms with E-state index in [0.29, 0.717) is 12.1 Å². The normalized spacial score (nSPS) is 30.0. The van der Waals surface area contributed by atoms with Crippen LogP contribution in [0.15, 0.2) is 0 Å². The van der Waals surface area contributed by atoms with Crippen molar-refractivity contribution in [1.82, 2.24) is 5.32 Å². The lowest BCUT2D eigenvalue weighted by atomic mass is 10.2. The molecule has 0 aromatic rings. The fraction of sp³-hybridized carbons (Fsp3) is 1.00. The van der Waals surface area contributed by atoms with Crippen molar-refractivity contribution in [2.45, 2.75) is 25.5 Å². The lowest BCUT2D eigenvalue weighted by Gasteiger charge is -2.07. The Labute approximate surface area is 50.2 Å². The lowest BCUT2D eigenvalue weighted by molar-refractivity contribution is 0.345. The molecule has 2 atom stereocenters. The van der Waals surface area contributed by atoms with Crippen molar-refractivity contribution < 1.29 is 4.74 Å². The molecule has 0 aliphatic carbocycles. The quantitative estimate of drug-likeness (QED) is 0.538. The van der Waals surface area contributed by atoms with Gasteiger partial charge in [0.2, 0.25) is 0 Å². The first-order valence-electron chi connectivity index (χ1n) is 3.17. The van der Waals surface area contributed by atoms with Gasteiger partial charge in [0.15, 0.2) is 0 Å². The van der Waals surface area contributed by atoms with E-state index >= 15 is 0 Å². The van der Waals surface area contributed by atoms with Crippen LogP contribution in [0.5, 0.6) is 0 Å². The third kappa shape index (κ3) is 1.20. The van der Waals surface area contributed by atoms with Crippen LogP contribution in [-0.2, 0) is 4.74 Å². The number of rotatable bonds is 3. The molecule has 0 aromatic heterocycles. The third-order valence-electron chi connectivity index (χ3n) is 1.62. The summed E-state index contributed by atoms with van der Waals surface area (Å²) < 4.78 is 5.09. The standard InChI is InChI=1S/C6H13NO/c1-3-5(7-2)6-4-8-6/h5-7H,3-4H2,1-2H3/t5?,6-/m0/s1. The van der Waals surface area contributed by atoms with Crippen LogP contribution in [0.25, 0.3) is 0 Å². The fourth-order valence-corrected chi connectivity index (χ4v) is 0.941. The molecule has 2 heteroatoms. The van der Waals surface area contributed by atoms with E-state index in [9.17, 15) is 0 Å². The second kappa shape index (κ2) is 2.46. The summed E-state index contributed by atoms with van der Waals surface area (Å²) in [7, 11) is 1.98. The van der Waals surface area contributed by atoms with Crippen molar-refractivity contribution in [2.75, 3.05) is 13.7 Å². The van der Waals surface area contributed by atoms with Gasteiger partial charge in [-0.3, -0.25) is 0 Å². The van der Waals surface area contributed by atoms with E-state index in [2.05, 4.69) is 12.2 Å². The van der Waals surface area contributed by atoms with Crippen molar-refractivity contribution in [1.29, 1.82) is 0 Å². The Morgan fingerprint density at radius 1 is 1.88 bits per heavy atom. The number of likely N-dealkylation sites (N-methyl/N-ethyl adjacent to an activating group) is 1. The molecule has 1 aliphatic heterocycles. The summed E-state index contributed by atoms with van der Waals surface area (Å²) in [6.07, 6.45) is 1.69. The van der Waals surface area contributed by atoms with Gasteiger partial charge in [-0.05, 0) is 13.5 Å². The fourth-order valence-electron chi connectivity index (χ4n) is 0.941. The van der Waals surface area contributed by atoms with Gasteiger partial charge < -0.3 is 10.1 Å². The molecule has 1 fully saturated rings. The van der Waals surface area contributed by atoms with E-state index < -0.39 is 0 Å². The minimum Gasteiger partial charge on any atom is -0.371 e. The van der Waals surface area contributed by atoms with Crippen LogP contribution in [0.2, 0.25) is 0 Å². The highest BCUT2D eigenvalue weighted by Crippen LogP contribution is 2.15. The van der Waals surface area contributed by atoms with E-state index in [4.69, 9.17) is 4.74 Å². The summed E-state index contributed by atoms with van der Waals surface area (Å²) in [5.74, 6) is 0. The Hall–Kier alpha value is -0.0800. The molecule has 0 amide bonds. The summed E-state index contributed by atoms with van der Waals surface area (Å²) in [5, 5.41) is 3.19. The zero-order chi connectivity index (χ0) is 5.98. The van der Waals surface area contributed by atoms with E-state index in [1.54, 1.807) is 0 Å². The minimum absolute atomic E-state index is 0.519. The molecule has 8 heavy (non-hydrogen) atoms. The second-order valence-corrected chi connectivity index (χ2v) is 2.18. The van der Waals surface area contributed by atoms with Crippen molar-refractivity contribution >= 4 is 0 Å². The zero-order valence-corrected chi connectivity index (χ0v) is 5.48. The van der Waals surface area contributed by atoms with Crippen molar-refractivity contribution in [3.8, 4) is 0 Å². The minimum atomic E-state index is 0.519. The number of nitrogens with one attached hydrogen (secondary N) is 1. The van der Waals surface area contributed by atoms with Gasteiger partial charge in [0.25, 0.3) is 0 Å². The molecule has 48 valence electrons. The van der Waals surface area contributed by atoms with Gasteiger partial charge in [-0.25, -0.2) is 0 Å². The van der Waals surface area contributed by atoms with Crippen LogP contribution in [0, 0.1) is 0 Å². The molecular weight excluding hydrogens is 102 g/mol. The molecule has 0 spiro atoms. The predicted octanol–water partition coefficient (Wildman–Crippen LogP) is 0.383. The van der Waals surface area contributed by atoms with Crippen molar-refractivity contribution in [3.63, 3.8) is 0 Å². The first kappa shape index (κ1) is 6.05. The molecular formula is C6H13NO. The SMILES string of the molecule is CCC(NC)[C@@H]1CO1. The summed E-state index contributed by atoms with van der Waals surface area (Å²) in [5.41, 5.74) is 0. The lowest BCUT2D eigenvalue weighted by Crippen LogP contribution is -2.29. The Balaban J connectivity index is 2.15. The van der Waals surface area contributed by atoms with Gasteiger partial charge in [-0.15, -0.1) is 0 Å². The molecule has 0 radical (unpaired) electrons. The molecule has 0 bridgehead atoms. The maximum atomic E-state index is 5.09. The maximum Gasteiger partial charge on any atom is 0.0962 e. The van der Waals surface area contributed by atoms with Gasteiger partial charge in [-0.2, -0.15) is 0 Å². The number of hydrogen-bond acceptors (Lipinski definition) is 2. The van der Waals surface area contributed by atoms with E-state index in [1.165, 1.54) is 6.42 Å². The van der Waals surface area contributed by atoms with Gasteiger partial charge in [-0.1, -0.05) is 6.92 Å². The summed E-state index contributed by atoms with van der Waals surface area (Å²) in [6, 6.07) is 0.593. The molecule has 1 N–H and O–H groups in total. The average Bonchev–Trinajstić information content (AvgIpc) is 2.53. The predicted molar refractivity (Wildman–Crippen MR) is 32.9 cm³/mol. The first-order chi connectivity index (χ1) is 3.88. The Bertz CT molecular complexity index is 66.9. The number of epoxide rings is 1. The van der Waals surface area contributed by atoms with Gasteiger partial charge in [0.1, 0.15) is 0 Å². The van der Waals surface area contributed by atoms with Crippen LogP contribution < -0.4 is 5.32 Å². The zero-order valence-electron chi connectivity index (χ0n) is 5.48. The Kier molecular flexibility index (Phi) is 1.86. The molecule has 0 aromatic carbocycles. The summed E-state index contributed by atoms with van der Waals surface area (Å²) in [4.78, 5) is 0. The Morgan fingerprint density at radius 2 is 2.50 bits per heavy atom. The van der Waals surface area contributed by atoms with Crippen molar-refractivity contribution in [3.05, 3.63) is 0 Å². The molecule has 0 saturated carbocycles. The highest BCUT2D eigenvalue weighted by molar-refractivity contribution is 4.82. The third-order valence-corrected chi connectivity index (χ3v) is 1.62. The van der Waals surface area contributed by atoms with Crippen LogP contribution in [0.4, 0.5) is 0 Å². The van der Waals surface area contributed by atoms with Gasteiger partial charge >= 0.3 is 0 Å². The van der Waals surface area contributed by atoms with Crippen LogP contribution in [0.3, 0.4) is 0 Å². The maximum absolute atomic E-state index is 5.09. The van der Waals surface area contributed by atoms with Gasteiger partial charge in [0.05, 0.1) is 12.7 Å². The monoisotopic (exact) mass is 115 g/mol. The summed E-state index contributed by atoms with van der Waals surface area (Å²) in [6.45, 7) is 3.13. The second-order valence-electron chi connectivity index (χ2n) is 2.18. The van der Waals surface area contributed by atoms with Crippen LogP contribution in [0.1, 0.15) is 13.3 Å². The topological polar surface area (TPSA) is 24.6 Å². The van der Waals surface area contributed by atoms with E-state index in [0.717, 1.165) is 6.61 Å². The highest BCUT2D eigenvalue weighted by Gasteiger charge is 2.29. The van der Waals surface area contributed by atoms with E-state index in [1.807, 2.05) is 7.05 Å². The molecule has 2 nitrogen and oxygen atoms in total. The number of hydrogen-bond donors (Lipinski definition) is 1. The summed E-state index contributed by atoms with van der Waals surface area (Å²) >= 11 is 0. The molecule has 1 heterocycles. The van der Waals surface area contributed by atoms with Crippen molar-refractivity contribution in [2.24, 2.45) is 0 Å². The van der Waals surface area contributed by atoms with Gasteiger partial charge in [0, 0.05) is 6.04 Å². The number of ether oxygens (including phenoxy) is 1.